The molecule has 1 aromatic rings. The number of anilines is 1. The number of aliphatic imine (C=N–C) groups is 1. The monoisotopic (exact) mass is 189 g/mol. The Morgan fingerprint density at radius 3 is 3.07 bits per heavy atom. The van der Waals surface area contributed by atoms with Gasteiger partial charge in [-0.25, -0.2) is 9.59 Å². The maximum Gasteiger partial charge on any atom is 0.319 e. The Kier molecular flexibility index (Phi) is 2.01. The Morgan fingerprint density at radius 1 is 1.43 bits per heavy atom. The van der Waals surface area contributed by atoms with E-state index in [0.717, 1.165) is 5.56 Å². The van der Waals surface area contributed by atoms with Gasteiger partial charge in [0.1, 0.15) is 0 Å². The zero-order valence-corrected chi connectivity index (χ0v) is 7.20. The molecular formula is C9H7N3O2. The predicted molar refractivity (Wildman–Crippen MR) is 50.1 cm³/mol. The van der Waals surface area contributed by atoms with Gasteiger partial charge in [-0.15, -0.1) is 0 Å². The molecule has 0 saturated carbocycles. The minimum absolute atomic E-state index is 0.246. The molecule has 0 radical (unpaired) electrons. The highest BCUT2D eigenvalue weighted by molar-refractivity contribution is 5.92. The molecule has 0 saturated heterocycles. The molecule has 1 heterocycles. The Bertz CT molecular complexity index is 436. The zero-order chi connectivity index (χ0) is 9.97. The molecule has 0 atom stereocenters. The van der Waals surface area contributed by atoms with Crippen LogP contribution in [0.15, 0.2) is 23.2 Å². The summed E-state index contributed by atoms with van der Waals surface area (Å²) >= 11 is 0. The summed E-state index contributed by atoms with van der Waals surface area (Å²) in [6.07, 6.45) is 1.45. The molecule has 1 aliphatic heterocycles. The number of carbonyl (C=O) groups excluding carboxylic acids is 2. The summed E-state index contributed by atoms with van der Waals surface area (Å²) in [4.78, 5) is 24.4. The third kappa shape index (κ3) is 1.48. The van der Waals surface area contributed by atoms with Crippen LogP contribution >= 0.6 is 0 Å². The van der Waals surface area contributed by atoms with Gasteiger partial charge in [-0.05, 0) is 17.7 Å². The van der Waals surface area contributed by atoms with Gasteiger partial charge in [-0.3, -0.25) is 0 Å². The number of carbonyl (C=O) groups is 1. The second kappa shape index (κ2) is 3.32. The maximum atomic E-state index is 11.0. The van der Waals surface area contributed by atoms with Gasteiger partial charge in [0.15, 0.2) is 0 Å². The molecule has 0 aromatic heterocycles. The van der Waals surface area contributed by atoms with Gasteiger partial charge in [0.25, 0.3) is 0 Å². The highest BCUT2D eigenvalue weighted by Gasteiger charge is 2.13. The lowest BCUT2D eigenvalue weighted by Crippen LogP contribution is -2.33. The second-order valence-electron chi connectivity index (χ2n) is 2.85. The average Bonchev–Trinajstić information content (AvgIpc) is 2.17. The van der Waals surface area contributed by atoms with Crippen LogP contribution in [-0.4, -0.2) is 12.1 Å². The van der Waals surface area contributed by atoms with E-state index in [1.165, 1.54) is 6.08 Å². The molecule has 70 valence electrons. The van der Waals surface area contributed by atoms with Crippen molar-refractivity contribution in [2.75, 3.05) is 5.32 Å². The fourth-order valence-corrected chi connectivity index (χ4v) is 1.30. The summed E-state index contributed by atoms with van der Waals surface area (Å²) in [6.45, 7) is 0.492. The molecule has 1 aliphatic rings. The number of hydrogen-bond acceptors (Lipinski definition) is 3. The first-order valence-corrected chi connectivity index (χ1v) is 4.05. The Hall–Kier alpha value is -2.13. The predicted octanol–water partition coefficient (Wildman–Crippen LogP) is 1.29. The molecule has 0 bridgehead atoms. The standard InChI is InChI=1S/C9H7N3O2/c13-5-11-7-2-1-6-4-10-9(14)12-8(6)3-7/h1-3H,4H2,(H2,10,12,14). The molecule has 0 spiro atoms. The van der Waals surface area contributed by atoms with Crippen LogP contribution in [0, 0.1) is 0 Å². The molecule has 0 fully saturated rings. The number of hydrogen-bond donors (Lipinski definition) is 2. The van der Waals surface area contributed by atoms with Crippen molar-refractivity contribution in [3.63, 3.8) is 0 Å². The molecule has 0 unspecified atom stereocenters. The minimum Gasteiger partial charge on any atom is -0.334 e. The molecule has 2 rings (SSSR count). The van der Waals surface area contributed by atoms with E-state index in [4.69, 9.17) is 0 Å². The quantitative estimate of drug-likeness (QED) is 0.516. The highest BCUT2D eigenvalue weighted by Crippen LogP contribution is 2.24. The molecule has 5 heteroatoms. The Labute approximate surface area is 79.8 Å². The first-order valence-electron chi connectivity index (χ1n) is 4.05. The fraction of sp³-hybridized carbons (Fsp3) is 0.111. The summed E-state index contributed by atoms with van der Waals surface area (Å²) in [5, 5.41) is 5.25. The molecule has 2 N–H and O–H groups in total. The summed E-state index contributed by atoms with van der Waals surface area (Å²) in [7, 11) is 0. The summed E-state index contributed by atoms with van der Waals surface area (Å²) in [5.41, 5.74) is 2.14. The largest absolute Gasteiger partial charge is 0.334 e. The summed E-state index contributed by atoms with van der Waals surface area (Å²) in [5.74, 6) is 0. The molecule has 14 heavy (non-hydrogen) atoms. The van der Waals surface area contributed by atoms with Gasteiger partial charge in [0.05, 0.1) is 5.69 Å². The van der Waals surface area contributed by atoms with Crippen LogP contribution in [0.2, 0.25) is 0 Å². The van der Waals surface area contributed by atoms with Crippen LogP contribution in [0.4, 0.5) is 16.2 Å². The molecule has 1 aromatic carbocycles. The van der Waals surface area contributed by atoms with Gasteiger partial charge in [0, 0.05) is 12.2 Å². The van der Waals surface area contributed by atoms with E-state index in [0.29, 0.717) is 17.9 Å². The third-order valence-electron chi connectivity index (χ3n) is 1.96. The minimum atomic E-state index is -0.246. The van der Waals surface area contributed by atoms with Gasteiger partial charge in [-0.1, -0.05) is 6.07 Å². The lowest BCUT2D eigenvalue weighted by molar-refractivity contribution is 0.251. The molecule has 0 aliphatic carbocycles. The van der Waals surface area contributed by atoms with Gasteiger partial charge >= 0.3 is 6.03 Å². The number of urea groups is 1. The van der Waals surface area contributed by atoms with Crippen LogP contribution in [0.5, 0.6) is 0 Å². The van der Waals surface area contributed by atoms with Crippen molar-refractivity contribution in [1.29, 1.82) is 0 Å². The molecule has 5 nitrogen and oxygen atoms in total. The van der Waals surface area contributed by atoms with Crippen LogP contribution in [0.1, 0.15) is 5.56 Å². The van der Waals surface area contributed by atoms with Crippen molar-refractivity contribution in [2.24, 2.45) is 4.99 Å². The van der Waals surface area contributed by atoms with Crippen molar-refractivity contribution in [1.82, 2.24) is 5.32 Å². The van der Waals surface area contributed by atoms with E-state index in [-0.39, 0.29) is 6.03 Å². The molecule has 2 amide bonds. The third-order valence-corrected chi connectivity index (χ3v) is 1.96. The smallest absolute Gasteiger partial charge is 0.319 e. The lowest BCUT2D eigenvalue weighted by Gasteiger charge is -2.17. The lowest BCUT2D eigenvalue weighted by atomic mass is 10.1. The van der Waals surface area contributed by atoms with Crippen molar-refractivity contribution in [3.05, 3.63) is 23.8 Å². The number of isocyanates is 1. The van der Waals surface area contributed by atoms with Crippen LogP contribution in [0.3, 0.4) is 0 Å². The van der Waals surface area contributed by atoms with Crippen LogP contribution in [-0.2, 0) is 11.3 Å². The number of benzene rings is 1. The van der Waals surface area contributed by atoms with E-state index >= 15 is 0 Å². The summed E-state index contributed by atoms with van der Waals surface area (Å²) in [6, 6.07) is 4.89. The summed E-state index contributed by atoms with van der Waals surface area (Å²) < 4.78 is 0. The van der Waals surface area contributed by atoms with Gasteiger partial charge in [0.2, 0.25) is 6.08 Å². The highest BCUT2D eigenvalue weighted by atomic mass is 16.2. The van der Waals surface area contributed by atoms with E-state index in [9.17, 15) is 9.59 Å². The Balaban J connectivity index is 2.42. The van der Waals surface area contributed by atoms with E-state index in [1.807, 2.05) is 0 Å². The normalized spacial score (nSPS) is 13.3. The van der Waals surface area contributed by atoms with Crippen LogP contribution < -0.4 is 10.6 Å². The number of fused-ring (bicyclic) bond motifs is 1. The Morgan fingerprint density at radius 2 is 2.29 bits per heavy atom. The van der Waals surface area contributed by atoms with E-state index in [1.54, 1.807) is 18.2 Å². The number of rotatable bonds is 1. The fourth-order valence-electron chi connectivity index (χ4n) is 1.30. The average molecular weight is 189 g/mol. The van der Waals surface area contributed by atoms with Crippen molar-refractivity contribution >= 4 is 23.5 Å². The first-order chi connectivity index (χ1) is 6.79. The second-order valence-corrected chi connectivity index (χ2v) is 2.85. The van der Waals surface area contributed by atoms with Gasteiger partial charge < -0.3 is 10.6 Å². The van der Waals surface area contributed by atoms with Crippen molar-refractivity contribution in [3.8, 4) is 0 Å². The van der Waals surface area contributed by atoms with E-state index < -0.39 is 0 Å². The van der Waals surface area contributed by atoms with E-state index in [2.05, 4.69) is 15.6 Å². The van der Waals surface area contributed by atoms with Crippen molar-refractivity contribution < 1.29 is 9.59 Å². The SMILES string of the molecule is O=C=Nc1ccc2c(c1)NC(=O)NC2. The number of nitrogens with zero attached hydrogens (tertiary/aromatic N) is 1. The number of amides is 2. The van der Waals surface area contributed by atoms with Crippen molar-refractivity contribution in [2.45, 2.75) is 6.54 Å². The van der Waals surface area contributed by atoms with Crippen LogP contribution in [0.25, 0.3) is 0 Å². The topological polar surface area (TPSA) is 70.6 Å². The molecular weight excluding hydrogens is 182 g/mol. The number of nitrogens with one attached hydrogen (secondary N) is 2. The maximum absolute atomic E-state index is 11.0. The van der Waals surface area contributed by atoms with Gasteiger partial charge in [-0.2, -0.15) is 4.99 Å². The first kappa shape index (κ1) is 8.47. The zero-order valence-electron chi connectivity index (χ0n) is 7.20.